The molecule has 146 valence electrons. The standard InChI is InChI=1S/C18H37.C3H6O3.Zn/c1-3-5-7-9-11-13-15-17-18-16-14-12-10-8-6-4-2;1-2(4)3(5)6;/h1,3-18H2,2H3;2,4H,1H3,(H,5,6);/q;;+1/p-1. The number of aliphatic hydroxyl groups excluding tert-OH is 1. The molecule has 1 N–H and O–H groups in total. The first-order valence-electron chi connectivity index (χ1n) is 10.7. The molecule has 4 heteroatoms. The van der Waals surface area contributed by atoms with E-state index in [-0.39, 0.29) is 0 Å². The van der Waals surface area contributed by atoms with Gasteiger partial charge in [0.25, 0.3) is 0 Å². The van der Waals surface area contributed by atoms with Crippen molar-refractivity contribution in [3.05, 3.63) is 0 Å². The van der Waals surface area contributed by atoms with E-state index in [4.69, 9.17) is 5.11 Å². The average molecular weight is 408 g/mol. The SMILES string of the molecule is CC(O)C(=O)[O-].CCCCCCCCCCCCCCCCC[CH2][Zn+]. The molecular weight excluding hydrogens is 366 g/mol. The quantitative estimate of drug-likeness (QED) is 0.262. The molecule has 0 aliphatic heterocycles. The van der Waals surface area contributed by atoms with Crippen molar-refractivity contribution in [1.29, 1.82) is 0 Å². The van der Waals surface area contributed by atoms with Crippen LogP contribution in [0.5, 0.6) is 0 Å². The molecule has 1 unspecified atom stereocenters. The van der Waals surface area contributed by atoms with Gasteiger partial charge >= 0.3 is 93.9 Å². The fourth-order valence-corrected chi connectivity index (χ4v) is 3.47. The van der Waals surface area contributed by atoms with Gasteiger partial charge in [0, 0.05) is 0 Å². The van der Waals surface area contributed by atoms with Crippen LogP contribution in [-0.2, 0) is 23.1 Å². The van der Waals surface area contributed by atoms with Gasteiger partial charge in [-0.05, 0) is 6.92 Å². The Labute approximate surface area is 167 Å². The van der Waals surface area contributed by atoms with Crippen LogP contribution < -0.4 is 5.11 Å². The van der Waals surface area contributed by atoms with Gasteiger partial charge in [0.1, 0.15) is 0 Å². The van der Waals surface area contributed by atoms with Gasteiger partial charge in [-0.15, -0.1) is 0 Å². The Balaban J connectivity index is 0. The number of aliphatic carboxylic acids is 1. The molecule has 0 radical (unpaired) electrons. The molecule has 0 bridgehead atoms. The fourth-order valence-electron chi connectivity index (χ4n) is 2.72. The van der Waals surface area contributed by atoms with E-state index in [2.05, 4.69) is 6.92 Å². The van der Waals surface area contributed by atoms with E-state index in [9.17, 15) is 9.90 Å². The first kappa shape index (κ1) is 27.3. The van der Waals surface area contributed by atoms with Gasteiger partial charge < -0.3 is 15.0 Å². The van der Waals surface area contributed by atoms with Gasteiger partial charge in [0.2, 0.25) is 0 Å². The van der Waals surface area contributed by atoms with E-state index in [1.165, 1.54) is 126 Å². The predicted molar refractivity (Wildman–Crippen MR) is 101 cm³/mol. The molecule has 0 rings (SSSR count). The van der Waals surface area contributed by atoms with Crippen LogP contribution in [0, 0.1) is 0 Å². The number of aliphatic hydroxyl groups is 1. The van der Waals surface area contributed by atoms with Crippen molar-refractivity contribution in [2.24, 2.45) is 0 Å². The molecule has 0 spiro atoms. The normalized spacial score (nSPS) is 11.7. The Morgan fingerprint density at radius 3 is 1.20 bits per heavy atom. The molecule has 0 aromatic heterocycles. The van der Waals surface area contributed by atoms with Gasteiger partial charge in [-0.1, -0.05) is 39.0 Å². The number of carboxylic acid groups (broad SMARTS) is 1. The third kappa shape index (κ3) is 29.1. The van der Waals surface area contributed by atoms with Crippen LogP contribution in [0.15, 0.2) is 0 Å². The summed E-state index contributed by atoms with van der Waals surface area (Å²) in [7, 11) is 0. The van der Waals surface area contributed by atoms with E-state index >= 15 is 0 Å². The Bertz CT molecular complexity index is 242. The summed E-state index contributed by atoms with van der Waals surface area (Å²) < 4.78 is 0. The summed E-state index contributed by atoms with van der Waals surface area (Å²) in [6, 6.07) is 0. The minimum atomic E-state index is -1.44. The Morgan fingerprint density at radius 2 is 1.00 bits per heavy atom. The molecule has 0 amide bonds. The van der Waals surface area contributed by atoms with E-state index in [0.717, 1.165) is 6.92 Å². The van der Waals surface area contributed by atoms with E-state index in [1.807, 2.05) is 0 Å². The molecule has 0 aliphatic carbocycles. The number of rotatable bonds is 17. The molecular formula is C21H42O3Zn. The van der Waals surface area contributed by atoms with Crippen LogP contribution in [0.1, 0.15) is 117 Å². The Kier molecular flexibility index (Phi) is 26.2. The molecule has 1 atom stereocenters. The zero-order valence-electron chi connectivity index (χ0n) is 17.1. The van der Waals surface area contributed by atoms with E-state index in [0.29, 0.717) is 0 Å². The monoisotopic (exact) mass is 406 g/mol. The zero-order valence-corrected chi connectivity index (χ0v) is 20.0. The Hall–Kier alpha value is 0.0534. The van der Waals surface area contributed by atoms with Gasteiger partial charge in [-0.25, -0.2) is 0 Å². The number of carbonyl (C=O) groups is 1. The van der Waals surface area contributed by atoms with Gasteiger partial charge in [0.05, 0.1) is 12.1 Å². The molecule has 0 saturated heterocycles. The summed E-state index contributed by atoms with van der Waals surface area (Å²) in [5, 5.41) is 18.8. The summed E-state index contributed by atoms with van der Waals surface area (Å²) >= 11 is 1.50. The van der Waals surface area contributed by atoms with Crippen LogP contribution in [0.4, 0.5) is 0 Å². The maximum absolute atomic E-state index is 9.34. The number of carboxylic acids is 1. The van der Waals surface area contributed by atoms with Crippen molar-refractivity contribution < 1.29 is 33.3 Å². The van der Waals surface area contributed by atoms with Crippen molar-refractivity contribution >= 4 is 5.97 Å². The first-order chi connectivity index (χ1) is 12.1. The number of carbonyl (C=O) groups excluding carboxylic acids is 1. The predicted octanol–water partition coefficient (Wildman–Crippen LogP) is 5.33. The number of unbranched alkanes of at least 4 members (excludes halogenated alkanes) is 15. The fraction of sp³-hybridized carbons (Fsp3) is 0.952. The maximum atomic E-state index is 9.34. The summed E-state index contributed by atoms with van der Waals surface area (Å²) in [6.45, 7) is 3.43. The second kappa shape index (κ2) is 24.1. The Morgan fingerprint density at radius 1 is 0.760 bits per heavy atom. The minimum absolute atomic E-state index is 1.13. The van der Waals surface area contributed by atoms with Crippen LogP contribution >= 0.6 is 0 Å². The van der Waals surface area contributed by atoms with Crippen LogP contribution in [0.2, 0.25) is 5.02 Å². The number of hydrogen-bond donors (Lipinski definition) is 1. The van der Waals surface area contributed by atoms with Crippen molar-refractivity contribution in [2.45, 2.75) is 128 Å². The molecule has 0 saturated carbocycles. The van der Waals surface area contributed by atoms with Crippen LogP contribution in [-0.4, -0.2) is 17.2 Å². The topological polar surface area (TPSA) is 60.4 Å². The molecule has 25 heavy (non-hydrogen) atoms. The summed E-state index contributed by atoms with van der Waals surface area (Å²) in [5.74, 6) is -1.44. The van der Waals surface area contributed by atoms with Crippen LogP contribution in [0.25, 0.3) is 0 Å². The molecule has 0 fully saturated rings. The zero-order chi connectivity index (χ0) is 19.2. The summed E-state index contributed by atoms with van der Waals surface area (Å²) in [6.07, 6.45) is 22.4. The third-order valence-corrected chi connectivity index (χ3v) is 5.49. The molecule has 0 aromatic rings. The van der Waals surface area contributed by atoms with Crippen LogP contribution in [0.3, 0.4) is 0 Å². The average Bonchev–Trinajstić information content (AvgIpc) is 2.59. The van der Waals surface area contributed by atoms with Crippen molar-refractivity contribution in [2.75, 3.05) is 0 Å². The summed E-state index contributed by atoms with van der Waals surface area (Å²) in [5.41, 5.74) is 0. The van der Waals surface area contributed by atoms with Gasteiger partial charge in [-0.2, -0.15) is 0 Å². The summed E-state index contributed by atoms with van der Waals surface area (Å²) in [4.78, 5) is 9.34. The van der Waals surface area contributed by atoms with Gasteiger partial charge in [-0.3, -0.25) is 0 Å². The van der Waals surface area contributed by atoms with Crippen molar-refractivity contribution in [1.82, 2.24) is 0 Å². The molecule has 0 aliphatic rings. The first-order valence-corrected chi connectivity index (χ1v) is 12.8. The third-order valence-electron chi connectivity index (χ3n) is 4.44. The molecule has 0 heterocycles. The van der Waals surface area contributed by atoms with E-state index < -0.39 is 12.1 Å². The second-order valence-corrected chi connectivity index (χ2v) is 8.64. The van der Waals surface area contributed by atoms with Crippen molar-refractivity contribution in [3.63, 3.8) is 0 Å². The molecule has 3 nitrogen and oxygen atoms in total. The van der Waals surface area contributed by atoms with E-state index in [1.54, 1.807) is 0 Å². The second-order valence-electron chi connectivity index (χ2n) is 7.15. The van der Waals surface area contributed by atoms with Crippen molar-refractivity contribution in [3.8, 4) is 0 Å². The number of hydrogen-bond acceptors (Lipinski definition) is 3. The van der Waals surface area contributed by atoms with Gasteiger partial charge in [0.15, 0.2) is 0 Å². The molecule has 0 aromatic carbocycles.